The molecule has 2 aromatic heterocycles. The van der Waals surface area contributed by atoms with E-state index < -0.39 is 15.9 Å². The van der Waals surface area contributed by atoms with Crippen molar-refractivity contribution in [1.29, 1.82) is 0 Å². The largest absolute Gasteiger partial charge is 0.378 e. The maximum absolute atomic E-state index is 13.0. The number of nitrogens with one attached hydrogen (secondary N) is 1. The topological polar surface area (TPSA) is 91.8 Å². The van der Waals surface area contributed by atoms with Gasteiger partial charge < -0.3 is 15.0 Å². The van der Waals surface area contributed by atoms with Crippen LogP contribution in [0.5, 0.6) is 0 Å². The van der Waals surface area contributed by atoms with E-state index >= 15 is 0 Å². The van der Waals surface area contributed by atoms with Crippen molar-refractivity contribution in [3.63, 3.8) is 0 Å². The number of nitrogens with zero attached hydrogens (tertiary/aromatic N) is 3. The molecular weight excluding hydrogens is 432 g/mol. The van der Waals surface area contributed by atoms with Gasteiger partial charge in [0.25, 0.3) is 5.91 Å². The highest BCUT2D eigenvalue weighted by molar-refractivity contribution is 7.99. The van der Waals surface area contributed by atoms with Crippen LogP contribution >= 0.6 is 23.1 Å². The zero-order chi connectivity index (χ0) is 20.3. The molecule has 0 radical (unpaired) electrons. The minimum atomic E-state index is -3.68. The number of sulfonamides is 1. The van der Waals surface area contributed by atoms with Crippen molar-refractivity contribution in [3.05, 3.63) is 34.7 Å². The number of thiophene rings is 1. The molecule has 2 fully saturated rings. The van der Waals surface area contributed by atoms with Gasteiger partial charge >= 0.3 is 0 Å². The van der Waals surface area contributed by atoms with Gasteiger partial charge in [0.1, 0.15) is 15.6 Å². The first-order valence-corrected chi connectivity index (χ1v) is 12.8. The lowest BCUT2D eigenvalue weighted by molar-refractivity contribution is 0.102. The molecule has 4 heterocycles. The van der Waals surface area contributed by atoms with Crippen molar-refractivity contribution < 1.29 is 17.9 Å². The molecule has 1 amide bonds. The first-order chi connectivity index (χ1) is 14.1. The standard InChI is InChI=1S/C18H22N4O4S3/c23-18(20-16-2-1-14(13-19-16)21-4-8-26-9-5-21)17-15(3-10-28-17)29(24,25)22-6-11-27-12-7-22/h1-3,10,13H,4-9,11-12H2,(H,19,20,23). The van der Waals surface area contributed by atoms with Gasteiger partial charge in [-0.05, 0) is 23.6 Å². The predicted molar refractivity (Wildman–Crippen MR) is 116 cm³/mol. The van der Waals surface area contributed by atoms with Crippen molar-refractivity contribution in [2.45, 2.75) is 4.90 Å². The summed E-state index contributed by atoms with van der Waals surface area (Å²) in [6.07, 6.45) is 1.71. The number of aromatic nitrogens is 1. The molecule has 2 aliphatic rings. The number of morpholine rings is 1. The summed E-state index contributed by atoms with van der Waals surface area (Å²) in [5.41, 5.74) is 0.966. The first-order valence-electron chi connectivity index (χ1n) is 9.31. The fourth-order valence-electron chi connectivity index (χ4n) is 3.23. The zero-order valence-corrected chi connectivity index (χ0v) is 18.2. The summed E-state index contributed by atoms with van der Waals surface area (Å²) in [5, 5.41) is 4.35. The molecule has 0 aromatic carbocycles. The lowest BCUT2D eigenvalue weighted by atomic mass is 10.3. The Hall–Kier alpha value is -1.66. The minimum Gasteiger partial charge on any atom is -0.378 e. The average molecular weight is 455 g/mol. The van der Waals surface area contributed by atoms with E-state index in [1.54, 1.807) is 29.4 Å². The highest BCUT2D eigenvalue weighted by atomic mass is 32.2. The van der Waals surface area contributed by atoms with E-state index in [2.05, 4.69) is 15.2 Å². The third-order valence-electron chi connectivity index (χ3n) is 4.79. The van der Waals surface area contributed by atoms with Crippen molar-refractivity contribution in [3.8, 4) is 0 Å². The number of ether oxygens (including phenoxy) is 1. The van der Waals surface area contributed by atoms with E-state index in [1.165, 1.54) is 10.4 Å². The van der Waals surface area contributed by atoms with Crippen molar-refractivity contribution >= 4 is 50.5 Å². The van der Waals surface area contributed by atoms with Crippen LogP contribution in [-0.2, 0) is 14.8 Å². The second kappa shape index (κ2) is 9.00. The summed E-state index contributed by atoms with van der Waals surface area (Å²) in [5.74, 6) is 1.46. The lowest BCUT2D eigenvalue weighted by Gasteiger charge is -2.28. The van der Waals surface area contributed by atoms with E-state index in [0.717, 1.165) is 41.6 Å². The Balaban J connectivity index is 1.47. The molecule has 156 valence electrons. The SMILES string of the molecule is O=C(Nc1ccc(N2CCOCC2)cn1)c1sccc1S(=O)(=O)N1CCSCC1. The molecule has 1 N–H and O–H groups in total. The van der Waals surface area contributed by atoms with E-state index in [1.807, 2.05) is 6.07 Å². The summed E-state index contributed by atoms with van der Waals surface area (Å²) in [6.45, 7) is 3.91. The van der Waals surface area contributed by atoms with Gasteiger partial charge in [-0.25, -0.2) is 13.4 Å². The van der Waals surface area contributed by atoms with Crippen LogP contribution in [-0.4, -0.2) is 74.5 Å². The van der Waals surface area contributed by atoms with Gasteiger partial charge in [-0.2, -0.15) is 16.1 Å². The number of rotatable bonds is 5. The van der Waals surface area contributed by atoms with Gasteiger partial charge in [0.05, 0.1) is 25.1 Å². The molecule has 0 unspecified atom stereocenters. The van der Waals surface area contributed by atoms with Crippen LogP contribution in [0.3, 0.4) is 0 Å². The van der Waals surface area contributed by atoms with Crippen LogP contribution in [0.4, 0.5) is 11.5 Å². The number of hydrogen-bond acceptors (Lipinski definition) is 8. The van der Waals surface area contributed by atoms with Gasteiger partial charge in [-0.3, -0.25) is 4.79 Å². The molecular formula is C18H22N4O4S3. The van der Waals surface area contributed by atoms with Gasteiger partial charge in [0.2, 0.25) is 10.0 Å². The molecule has 2 aromatic rings. The molecule has 29 heavy (non-hydrogen) atoms. The van der Waals surface area contributed by atoms with Crippen molar-refractivity contribution in [1.82, 2.24) is 9.29 Å². The fraction of sp³-hybridized carbons (Fsp3) is 0.444. The maximum Gasteiger partial charge on any atom is 0.268 e. The molecule has 0 aliphatic carbocycles. The van der Waals surface area contributed by atoms with Crippen LogP contribution in [0.2, 0.25) is 0 Å². The van der Waals surface area contributed by atoms with Crippen molar-refractivity contribution in [2.75, 3.05) is 61.1 Å². The molecule has 11 heteroatoms. The fourth-order valence-corrected chi connectivity index (χ4v) is 7.11. The highest BCUT2D eigenvalue weighted by Gasteiger charge is 2.31. The van der Waals surface area contributed by atoms with Gasteiger partial charge in [0, 0.05) is 37.7 Å². The Kier molecular flexibility index (Phi) is 6.40. The summed E-state index contributed by atoms with van der Waals surface area (Å²) >= 11 is 2.85. The Morgan fingerprint density at radius 1 is 1.10 bits per heavy atom. The Morgan fingerprint density at radius 2 is 1.86 bits per heavy atom. The molecule has 0 bridgehead atoms. The molecule has 0 saturated carbocycles. The quantitative estimate of drug-likeness (QED) is 0.738. The molecule has 2 saturated heterocycles. The number of hydrogen-bond donors (Lipinski definition) is 1. The summed E-state index contributed by atoms with van der Waals surface area (Å²) in [4.78, 5) is 19.5. The van der Waals surface area contributed by atoms with Crippen LogP contribution in [0.1, 0.15) is 9.67 Å². The lowest BCUT2D eigenvalue weighted by Crippen LogP contribution is -2.38. The van der Waals surface area contributed by atoms with Crippen LogP contribution < -0.4 is 10.2 Å². The predicted octanol–water partition coefficient (Wildman–Crippen LogP) is 1.97. The molecule has 0 atom stereocenters. The average Bonchev–Trinajstić information content (AvgIpc) is 3.27. The normalized spacial score (nSPS) is 18.6. The number of carbonyl (C=O) groups excluding carboxylic acids is 1. The van der Waals surface area contributed by atoms with Crippen LogP contribution in [0, 0.1) is 0 Å². The van der Waals surface area contributed by atoms with Gasteiger partial charge in [-0.15, -0.1) is 11.3 Å². The smallest absolute Gasteiger partial charge is 0.268 e. The Morgan fingerprint density at radius 3 is 2.55 bits per heavy atom. The van der Waals surface area contributed by atoms with Gasteiger partial charge in [0.15, 0.2) is 0 Å². The first kappa shape index (κ1) is 20.6. The second-order valence-electron chi connectivity index (χ2n) is 6.59. The maximum atomic E-state index is 13.0. The Bertz CT molecular complexity index is 950. The minimum absolute atomic E-state index is 0.0665. The zero-order valence-electron chi connectivity index (χ0n) is 15.7. The van der Waals surface area contributed by atoms with E-state index in [9.17, 15) is 13.2 Å². The summed E-state index contributed by atoms with van der Waals surface area (Å²) < 4.78 is 32.7. The highest BCUT2D eigenvalue weighted by Crippen LogP contribution is 2.28. The van der Waals surface area contributed by atoms with E-state index in [4.69, 9.17) is 4.74 Å². The van der Waals surface area contributed by atoms with E-state index in [-0.39, 0.29) is 9.77 Å². The number of amides is 1. The number of carbonyl (C=O) groups is 1. The van der Waals surface area contributed by atoms with E-state index in [0.29, 0.717) is 32.1 Å². The van der Waals surface area contributed by atoms with Crippen LogP contribution in [0.15, 0.2) is 34.7 Å². The third kappa shape index (κ3) is 4.58. The summed E-state index contributed by atoms with van der Waals surface area (Å²) in [7, 11) is -3.68. The number of thioether (sulfide) groups is 1. The van der Waals surface area contributed by atoms with Crippen molar-refractivity contribution in [2.24, 2.45) is 0 Å². The third-order valence-corrected chi connectivity index (χ3v) is 8.71. The Labute approximate surface area is 178 Å². The molecule has 8 nitrogen and oxygen atoms in total. The molecule has 4 rings (SSSR count). The second-order valence-corrected chi connectivity index (χ2v) is 10.6. The molecule has 2 aliphatic heterocycles. The number of pyridine rings is 1. The summed E-state index contributed by atoms with van der Waals surface area (Å²) in [6, 6.07) is 5.13. The number of anilines is 2. The van der Waals surface area contributed by atoms with Gasteiger partial charge in [-0.1, -0.05) is 0 Å². The monoisotopic (exact) mass is 454 g/mol. The van der Waals surface area contributed by atoms with Crippen LogP contribution in [0.25, 0.3) is 0 Å². The molecule has 0 spiro atoms.